The van der Waals surface area contributed by atoms with Crippen LogP contribution >= 0.6 is 11.3 Å². The molecule has 0 radical (unpaired) electrons. The molecule has 8 nitrogen and oxygen atoms in total. The van der Waals surface area contributed by atoms with Gasteiger partial charge in [-0.15, -0.1) is 11.3 Å². The fraction of sp³-hybridized carbons (Fsp3) is 0.143. The van der Waals surface area contributed by atoms with Crippen molar-refractivity contribution in [3.63, 3.8) is 0 Å². The fourth-order valence-electron chi connectivity index (χ4n) is 4.16. The van der Waals surface area contributed by atoms with E-state index in [1.807, 2.05) is 43.3 Å². The van der Waals surface area contributed by atoms with E-state index in [-0.39, 0.29) is 17.7 Å². The molecule has 0 saturated carbocycles. The maximum Gasteiger partial charge on any atom is 0.359 e. The Morgan fingerprint density at radius 1 is 0.946 bits per heavy atom. The van der Waals surface area contributed by atoms with E-state index < -0.39 is 17.4 Å². The molecular formula is C28H23N3O5S. The standard InChI is InChI=1S/C28H23N3O5S/c1-3-35-21-15-14-17-10-8-9-13-19(17)22(21)25(32)29-26-23-20(16-37-26)24(28(34)36-4-2)30-31(27(23)33)18-11-6-5-7-12-18/h5-16H,3-4H2,1-2H3,(H,29,32). The highest BCUT2D eigenvalue weighted by Gasteiger charge is 2.24. The Morgan fingerprint density at radius 3 is 2.46 bits per heavy atom. The van der Waals surface area contributed by atoms with Gasteiger partial charge in [-0.1, -0.05) is 48.5 Å². The highest BCUT2D eigenvalue weighted by molar-refractivity contribution is 7.16. The van der Waals surface area contributed by atoms with Gasteiger partial charge < -0.3 is 14.8 Å². The third-order valence-corrected chi connectivity index (χ3v) is 6.66. The lowest BCUT2D eigenvalue weighted by Gasteiger charge is -2.13. The number of ether oxygens (including phenoxy) is 2. The maximum atomic E-state index is 13.7. The van der Waals surface area contributed by atoms with Crippen molar-refractivity contribution in [1.82, 2.24) is 9.78 Å². The minimum atomic E-state index is -0.652. The summed E-state index contributed by atoms with van der Waals surface area (Å²) in [7, 11) is 0. The molecule has 0 aliphatic carbocycles. The molecule has 2 aromatic heterocycles. The summed E-state index contributed by atoms with van der Waals surface area (Å²) in [5.41, 5.74) is 0.381. The first-order chi connectivity index (χ1) is 18.0. The van der Waals surface area contributed by atoms with Gasteiger partial charge in [0.15, 0.2) is 5.69 Å². The summed E-state index contributed by atoms with van der Waals surface area (Å²) in [5, 5.41) is 11.3. The molecule has 3 aromatic carbocycles. The van der Waals surface area contributed by atoms with Crippen LogP contribution in [0.1, 0.15) is 34.7 Å². The quantitative estimate of drug-likeness (QED) is 0.292. The summed E-state index contributed by atoms with van der Waals surface area (Å²) in [5.74, 6) is -0.639. The fourth-order valence-corrected chi connectivity index (χ4v) is 5.10. The van der Waals surface area contributed by atoms with Crippen LogP contribution in [0.2, 0.25) is 0 Å². The average molecular weight is 514 g/mol. The maximum absolute atomic E-state index is 13.7. The predicted molar refractivity (Wildman–Crippen MR) is 144 cm³/mol. The SMILES string of the molecule is CCOC(=O)c1nn(-c2ccccc2)c(=O)c2c(NC(=O)c3c(OCC)ccc4ccccc34)scc12. The van der Waals surface area contributed by atoms with E-state index in [4.69, 9.17) is 9.47 Å². The zero-order chi connectivity index (χ0) is 25.9. The highest BCUT2D eigenvalue weighted by Crippen LogP contribution is 2.33. The second-order valence-corrected chi connectivity index (χ2v) is 8.90. The molecule has 1 N–H and O–H groups in total. The molecule has 5 aromatic rings. The topological polar surface area (TPSA) is 99.5 Å². The molecule has 0 bridgehead atoms. The van der Waals surface area contributed by atoms with Gasteiger partial charge in [-0.05, 0) is 42.8 Å². The summed E-state index contributed by atoms with van der Waals surface area (Å²) in [6, 6.07) is 19.9. The normalized spacial score (nSPS) is 11.0. The molecule has 0 fully saturated rings. The molecule has 9 heteroatoms. The van der Waals surface area contributed by atoms with Crippen molar-refractivity contribution in [1.29, 1.82) is 0 Å². The summed E-state index contributed by atoms with van der Waals surface area (Å²) in [6.45, 7) is 4.08. The van der Waals surface area contributed by atoms with Gasteiger partial charge in [0.2, 0.25) is 0 Å². The number of aromatic nitrogens is 2. The van der Waals surface area contributed by atoms with Gasteiger partial charge in [0.1, 0.15) is 10.8 Å². The van der Waals surface area contributed by atoms with E-state index >= 15 is 0 Å². The van der Waals surface area contributed by atoms with Gasteiger partial charge in [-0.3, -0.25) is 9.59 Å². The number of carbonyl (C=O) groups excluding carboxylic acids is 2. The minimum absolute atomic E-state index is 0.00258. The number of hydrogen-bond donors (Lipinski definition) is 1. The molecule has 2 heterocycles. The van der Waals surface area contributed by atoms with Crippen LogP contribution in [0.25, 0.3) is 27.2 Å². The second-order valence-electron chi connectivity index (χ2n) is 8.02. The van der Waals surface area contributed by atoms with Crippen LogP contribution in [0.15, 0.2) is 76.9 Å². The summed E-state index contributed by atoms with van der Waals surface area (Å²) in [4.78, 5) is 40.0. The number of fused-ring (bicyclic) bond motifs is 2. The molecule has 1 amide bonds. The molecular weight excluding hydrogens is 490 g/mol. The summed E-state index contributed by atoms with van der Waals surface area (Å²) >= 11 is 1.14. The van der Waals surface area contributed by atoms with Crippen molar-refractivity contribution < 1.29 is 19.1 Å². The zero-order valence-corrected chi connectivity index (χ0v) is 21.0. The zero-order valence-electron chi connectivity index (χ0n) is 20.2. The minimum Gasteiger partial charge on any atom is -0.493 e. The number of rotatable bonds is 7. The van der Waals surface area contributed by atoms with Gasteiger partial charge in [0.25, 0.3) is 11.5 Å². The van der Waals surface area contributed by atoms with Gasteiger partial charge in [0, 0.05) is 10.8 Å². The smallest absolute Gasteiger partial charge is 0.359 e. The molecule has 0 saturated heterocycles. The van der Waals surface area contributed by atoms with Crippen LogP contribution in [0.4, 0.5) is 5.00 Å². The van der Waals surface area contributed by atoms with Crippen molar-refractivity contribution in [3.05, 3.63) is 93.7 Å². The number of amides is 1. The van der Waals surface area contributed by atoms with Gasteiger partial charge >= 0.3 is 5.97 Å². The van der Waals surface area contributed by atoms with Gasteiger partial charge in [-0.2, -0.15) is 9.78 Å². The number of para-hydroxylation sites is 1. The molecule has 37 heavy (non-hydrogen) atoms. The Balaban J connectivity index is 1.68. The van der Waals surface area contributed by atoms with Gasteiger partial charge in [-0.25, -0.2) is 4.79 Å². The largest absolute Gasteiger partial charge is 0.493 e. The van der Waals surface area contributed by atoms with E-state index in [0.29, 0.717) is 34.0 Å². The predicted octanol–water partition coefficient (Wildman–Crippen LogP) is 5.43. The number of nitrogens with zero attached hydrogens (tertiary/aromatic N) is 2. The van der Waals surface area contributed by atoms with Crippen LogP contribution in [-0.2, 0) is 4.74 Å². The van der Waals surface area contributed by atoms with Crippen LogP contribution in [-0.4, -0.2) is 34.9 Å². The monoisotopic (exact) mass is 513 g/mol. The number of benzene rings is 3. The summed E-state index contributed by atoms with van der Waals surface area (Å²) < 4.78 is 12.1. The first-order valence-electron chi connectivity index (χ1n) is 11.8. The number of nitrogens with one attached hydrogen (secondary N) is 1. The van der Waals surface area contributed by atoms with Crippen molar-refractivity contribution in [2.24, 2.45) is 0 Å². The van der Waals surface area contributed by atoms with Crippen molar-refractivity contribution in [2.45, 2.75) is 13.8 Å². The molecule has 0 aliphatic rings. The first-order valence-corrected chi connectivity index (χ1v) is 12.6. The molecule has 0 spiro atoms. The molecule has 186 valence electrons. The number of thiophene rings is 1. The Bertz CT molecular complexity index is 1690. The van der Waals surface area contributed by atoms with E-state index in [9.17, 15) is 14.4 Å². The van der Waals surface area contributed by atoms with E-state index in [0.717, 1.165) is 26.8 Å². The Labute approximate surface area is 216 Å². The molecule has 0 atom stereocenters. The number of esters is 1. The van der Waals surface area contributed by atoms with Crippen molar-refractivity contribution in [2.75, 3.05) is 18.5 Å². The van der Waals surface area contributed by atoms with Gasteiger partial charge in [0.05, 0.1) is 29.9 Å². The van der Waals surface area contributed by atoms with E-state index in [1.54, 1.807) is 42.6 Å². The third-order valence-electron chi connectivity index (χ3n) is 5.77. The lowest BCUT2D eigenvalue weighted by atomic mass is 10.0. The number of hydrogen-bond acceptors (Lipinski definition) is 7. The van der Waals surface area contributed by atoms with Crippen LogP contribution in [0.5, 0.6) is 5.75 Å². The average Bonchev–Trinajstić information content (AvgIpc) is 3.33. The second kappa shape index (κ2) is 10.2. The van der Waals surface area contributed by atoms with E-state index in [1.165, 1.54) is 0 Å². The Kier molecular flexibility index (Phi) is 6.70. The number of carbonyl (C=O) groups is 2. The lowest BCUT2D eigenvalue weighted by Crippen LogP contribution is -2.25. The van der Waals surface area contributed by atoms with Crippen LogP contribution in [0.3, 0.4) is 0 Å². The third kappa shape index (κ3) is 4.45. The molecule has 0 aliphatic heterocycles. The number of anilines is 1. The van der Waals surface area contributed by atoms with Crippen molar-refractivity contribution in [3.8, 4) is 11.4 Å². The highest BCUT2D eigenvalue weighted by atomic mass is 32.1. The van der Waals surface area contributed by atoms with E-state index in [2.05, 4.69) is 10.4 Å². The lowest BCUT2D eigenvalue weighted by molar-refractivity contribution is 0.0520. The molecule has 0 unspecified atom stereocenters. The summed E-state index contributed by atoms with van der Waals surface area (Å²) in [6.07, 6.45) is 0. The molecule has 5 rings (SSSR count). The Morgan fingerprint density at radius 2 is 1.70 bits per heavy atom. The Hall–Kier alpha value is -4.50. The first kappa shape index (κ1) is 24.2. The van der Waals surface area contributed by atoms with Crippen LogP contribution in [0, 0.1) is 0 Å². The van der Waals surface area contributed by atoms with Crippen molar-refractivity contribution >= 4 is 49.8 Å². The van der Waals surface area contributed by atoms with Crippen LogP contribution < -0.4 is 15.6 Å².